The van der Waals surface area contributed by atoms with Crippen LogP contribution in [0, 0.1) is 10.1 Å². The van der Waals surface area contributed by atoms with Gasteiger partial charge in [-0.15, -0.1) is 0 Å². The first kappa shape index (κ1) is 17.1. The van der Waals surface area contributed by atoms with E-state index < -0.39 is 10.8 Å². The fourth-order valence-electron chi connectivity index (χ4n) is 3.42. The highest BCUT2D eigenvalue weighted by Crippen LogP contribution is 2.34. The summed E-state index contributed by atoms with van der Waals surface area (Å²) < 4.78 is 0. The summed E-state index contributed by atoms with van der Waals surface area (Å²) in [6.07, 6.45) is 2.08. The third kappa shape index (κ3) is 3.24. The Morgan fingerprint density at radius 2 is 1.70 bits per heavy atom. The summed E-state index contributed by atoms with van der Waals surface area (Å²) in [6, 6.07) is 15.6. The van der Waals surface area contributed by atoms with Crippen LogP contribution in [0.1, 0.15) is 21.5 Å². The van der Waals surface area contributed by atoms with Gasteiger partial charge in [0, 0.05) is 28.8 Å². The molecule has 0 saturated heterocycles. The predicted octanol–water partition coefficient (Wildman–Crippen LogP) is 3.97. The number of nitro groups is 1. The number of nitrogens with one attached hydrogen (secondary N) is 2. The highest BCUT2D eigenvalue weighted by Gasteiger charge is 2.17. The van der Waals surface area contributed by atoms with E-state index in [-0.39, 0.29) is 10.8 Å². The van der Waals surface area contributed by atoms with Gasteiger partial charge in [0.05, 0.1) is 4.92 Å². The normalized spacial score (nSPS) is 12.0. The monoisotopic (exact) mass is 377 g/mol. The van der Waals surface area contributed by atoms with E-state index in [1.165, 1.54) is 40.8 Å². The Labute approximate surface area is 160 Å². The zero-order chi connectivity index (χ0) is 19.0. The summed E-state index contributed by atoms with van der Waals surface area (Å²) in [6.45, 7) is 0. The lowest BCUT2D eigenvalue weighted by Gasteiger charge is -2.13. The molecule has 0 aliphatic heterocycles. The Bertz CT molecular complexity index is 1080. The molecule has 0 spiro atoms. The van der Waals surface area contributed by atoms with Crippen molar-refractivity contribution < 1.29 is 9.72 Å². The van der Waals surface area contributed by atoms with Crippen LogP contribution in [0.15, 0.2) is 54.6 Å². The zero-order valence-electron chi connectivity index (χ0n) is 14.2. The Hall–Kier alpha value is -3.32. The van der Waals surface area contributed by atoms with Gasteiger partial charge in [-0.2, -0.15) is 0 Å². The fraction of sp³-hybridized carbons (Fsp3) is 0.100. The highest BCUT2D eigenvalue weighted by molar-refractivity contribution is 7.80. The van der Waals surface area contributed by atoms with Crippen molar-refractivity contribution in [2.75, 3.05) is 5.32 Å². The molecule has 1 aliphatic carbocycles. The van der Waals surface area contributed by atoms with Gasteiger partial charge in [0.1, 0.15) is 0 Å². The molecule has 0 saturated carbocycles. The van der Waals surface area contributed by atoms with Crippen LogP contribution in [0.25, 0.3) is 10.8 Å². The van der Waals surface area contributed by atoms with Crippen LogP contribution in [0.4, 0.5) is 11.4 Å². The number of carbonyl (C=O) groups is 1. The molecule has 2 N–H and O–H groups in total. The average Bonchev–Trinajstić information content (AvgIpc) is 3.09. The van der Waals surface area contributed by atoms with Gasteiger partial charge in [-0.1, -0.05) is 24.3 Å². The topological polar surface area (TPSA) is 84.3 Å². The second-order valence-corrected chi connectivity index (χ2v) is 6.73. The minimum absolute atomic E-state index is 0.0693. The van der Waals surface area contributed by atoms with Gasteiger partial charge in [-0.05, 0) is 59.8 Å². The molecule has 27 heavy (non-hydrogen) atoms. The Morgan fingerprint density at radius 3 is 2.41 bits per heavy atom. The van der Waals surface area contributed by atoms with Crippen LogP contribution in [0.2, 0.25) is 0 Å². The summed E-state index contributed by atoms with van der Waals surface area (Å²) in [5, 5.41) is 18.9. The molecule has 0 atom stereocenters. The molecule has 3 aromatic rings. The number of hydrogen-bond acceptors (Lipinski definition) is 4. The van der Waals surface area contributed by atoms with Crippen LogP contribution in [-0.2, 0) is 12.8 Å². The van der Waals surface area contributed by atoms with E-state index in [2.05, 4.69) is 22.8 Å². The largest absolute Gasteiger partial charge is 0.332 e. The summed E-state index contributed by atoms with van der Waals surface area (Å²) in [5.41, 5.74) is 3.72. The van der Waals surface area contributed by atoms with E-state index in [1.807, 2.05) is 18.2 Å². The maximum absolute atomic E-state index is 12.3. The maximum atomic E-state index is 12.3. The van der Waals surface area contributed by atoms with Crippen LogP contribution in [-0.4, -0.2) is 15.9 Å². The second-order valence-electron chi connectivity index (χ2n) is 6.32. The maximum Gasteiger partial charge on any atom is 0.269 e. The lowest BCUT2D eigenvalue weighted by atomic mass is 10.0. The molecule has 1 amide bonds. The van der Waals surface area contributed by atoms with Crippen molar-refractivity contribution in [1.82, 2.24) is 5.32 Å². The number of non-ortho nitro benzene ring substituents is 1. The quantitative estimate of drug-likeness (QED) is 0.410. The molecule has 3 aromatic carbocycles. The summed E-state index contributed by atoms with van der Waals surface area (Å²) in [4.78, 5) is 22.5. The molecule has 7 heteroatoms. The van der Waals surface area contributed by atoms with Gasteiger partial charge in [-0.3, -0.25) is 20.2 Å². The number of thiocarbonyl (C=S) groups is 1. The molecule has 134 valence electrons. The Morgan fingerprint density at radius 1 is 1.00 bits per heavy atom. The van der Waals surface area contributed by atoms with Gasteiger partial charge in [-0.25, -0.2) is 0 Å². The third-order valence-corrected chi connectivity index (χ3v) is 4.90. The first-order valence-corrected chi connectivity index (χ1v) is 8.84. The molecular formula is C20H15N3O3S. The fourth-order valence-corrected chi connectivity index (χ4v) is 3.62. The van der Waals surface area contributed by atoms with Gasteiger partial charge < -0.3 is 5.32 Å². The van der Waals surface area contributed by atoms with Crippen LogP contribution >= 0.6 is 12.2 Å². The minimum atomic E-state index is -0.510. The number of nitro benzene ring substituents is 1. The number of hydrogen-bond donors (Lipinski definition) is 2. The van der Waals surface area contributed by atoms with Crippen molar-refractivity contribution in [3.63, 3.8) is 0 Å². The van der Waals surface area contributed by atoms with Crippen molar-refractivity contribution in [2.45, 2.75) is 12.8 Å². The van der Waals surface area contributed by atoms with Gasteiger partial charge in [0.2, 0.25) is 0 Å². The summed E-state index contributed by atoms with van der Waals surface area (Å²) in [7, 11) is 0. The van der Waals surface area contributed by atoms with Gasteiger partial charge in [0.15, 0.2) is 5.11 Å². The van der Waals surface area contributed by atoms with Crippen molar-refractivity contribution in [3.8, 4) is 0 Å². The van der Waals surface area contributed by atoms with Gasteiger partial charge in [0.25, 0.3) is 11.6 Å². The molecule has 0 aromatic heterocycles. The Kier molecular flexibility index (Phi) is 4.29. The number of amides is 1. The van der Waals surface area contributed by atoms with E-state index in [0.29, 0.717) is 5.56 Å². The first-order valence-electron chi connectivity index (χ1n) is 8.43. The standard InChI is InChI=1S/C20H15N3O3S/c24-19(14-6-9-15(10-7-14)23(25)26)22-20(27)21-17-11-8-13-5-4-12-2-1-3-16(17)18(12)13/h1-3,6-11H,4-5H2,(H2,21,22,24,27). The minimum Gasteiger partial charge on any atom is -0.332 e. The lowest BCUT2D eigenvalue weighted by molar-refractivity contribution is -0.384. The number of anilines is 1. The molecule has 0 unspecified atom stereocenters. The van der Waals surface area contributed by atoms with Crippen LogP contribution in [0.3, 0.4) is 0 Å². The lowest BCUT2D eigenvalue weighted by Crippen LogP contribution is -2.34. The average molecular weight is 377 g/mol. The molecule has 0 fully saturated rings. The molecule has 0 radical (unpaired) electrons. The van der Waals surface area contributed by atoms with E-state index >= 15 is 0 Å². The SMILES string of the molecule is O=C(NC(=S)Nc1ccc2c3c(cccc13)CC2)c1ccc([N+](=O)[O-])cc1. The molecular weight excluding hydrogens is 362 g/mol. The molecule has 6 nitrogen and oxygen atoms in total. The van der Waals surface area contributed by atoms with Crippen molar-refractivity contribution in [1.29, 1.82) is 0 Å². The van der Waals surface area contributed by atoms with E-state index in [0.717, 1.165) is 23.9 Å². The number of nitrogens with zero attached hydrogens (tertiary/aromatic N) is 1. The molecule has 1 aliphatic rings. The van der Waals surface area contributed by atoms with Crippen LogP contribution in [0.5, 0.6) is 0 Å². The molecule has 4 rings (SSSR count). The molecule has 0 heterocycles. The van der Waals surface area contributed by atoms with Gasteiger partial charge >= 0.3 is 0 Å². The van der Waals surface area contributed by atoms with Crippen molar-refractivity contribution >= 4 is 45.4 Å². The molecule has 0 bridgehead atoms. The van der Waals surface area contributed by atoms with E-state index in [9.17, 15) is 14.9 Å². The second kappa shape index (κ2) is 6.77. The number of aryl methyl sites for hydroxylation is 2. The Balaban J connectivity index is 1.51. The highest BCUT2D eigenvalue weighted by atomic mass is 32.1. The number of carbonyl (C=O) groups excluding carboxylic acids is 1. The smallest absolute Gasteiger partial charge is 0.269 e. The third-order valence-electron chi connectivity index (χ3n) is 4.69. The first-order chi connectivity index (χ1) is 13.0. The van der Waals surface area contributed by atoms with Crippen LogP contribution < -0.4 is 10.6 Å². The number of benzene rings is 3. The predicted molar refractivity (Wildman–Crippen MR) is 108 cm³/mol. The summed E-state index contributed by atoms with van der Waals surface area (Å²) >= 11 is 5.27. The van der Waals surface area contributed by atoms with Crippen molar-refractivity contribution in [3.05, 3.63) is 81.4 Å². The zero-order valence-corrected chi connectivity index (χ0v) is 15.0. The number of rotatable bonds is 3. The van der Waals surface area contributed by atoms with E-state index in [4.69, 9.17) is 12.2 Å². The van der Waals surface area contributed by atoms with Crippen molar-refractivity contribution in [2.24, 2.45) is 0 Å². The van der Waals surface area contributed by atoms with E-state index in [1.54, 1.807) is 0 Å². The summed E-state index contributed by atoms with van der Waals surface area (Å²) in [5.74, 6) is -0.423.